The molecule has 1 heterocycles. The summed E-state index contributed by atoms with van der Waals surface area (Å²) in [6, 6.07) is 18.0. The van der Waals surface area contributed by atoms with Gasteiger partial charge in [0.25, 0.3) is 0 Å². The molecule has 3 rings (SSSR count). The number of benzene rings is 2. The Morgan fingerprint density at radius 3 is 2.54 bits per heavy atom. The summed E-state index contributed by atoms with van der Waals surface area (Å²) in [6.45, 7) is 6.24. The highest BCUT2D eigenvalue weighted by molar-refractivity contribution is 5.62. The van der Waals surface area contributed by atoms with Gasteiger partial charge in [0.15, 0.2) is 5.82 Å². The van der Waals surface area contributed by atoms with Crippen LogP contribution in [0.2, 0.25) is 0 Å². The first-order valence-corrected chi connectivity index (χ1v) is 8.77. The van der Waals surface area contributed by atoms with E-state index in [2.05, 4.69) is 44.5 Å². The molecule has 1 aromatic heterocycles. The van der Waals surface area contributed by atoms with Crippen LogP contribution < -0.4 is 15.0 Å². The molecule has 0 saturated carbocycles. The summed E-state index contributed by atoms with van der Waals surface area (Å²) in [4.78, 5) is 6.78. The number of ether oxygens (including phenoxy) is 1. The number of hydrogen-bond acceptors (Lipinski definition) is 6. The van der Waals surface area contributed by atoms with Crippen LogP contribution in [0.5, 0.6) is 5.75 Å². The quantitative estimate of drug-likeness (QED) is 0.662. The standard InChI is InChI=1S/C20H23N5O/c1-3-25(15-16-10-6-5-7-11-16)19-14-21-24-20(23-19)22-17-12-8-9-13-18(17)26-4-2/h5-14H,3-4,15H2,1-2H3,(H,22,23,24). The summed E-state index contributed by atoms with van der Waals surface area (Å²) in [5.74, 6) is 1.99. The van der Waals surface area contributed by atoms with Crippen molar-refractivity contribution in [3.05, 3.63) is 66.4 Å². The van der Waals surface area contributed by atoms with E-state index in [4.69, 9.17) is 4.74 Å². The molecule has 3 aromatic rings. The van der Waals surface area contributed by atoms with Gasteiger partial charge >= 0.3 is 0 Å². The lowest BCUT2D eigenvalue weighted by Crippen LogP contribution is -2.23. The average molecular weight is 349 g/mol. The minimum atomic E-state index is 0.446. The minimum Gasteiger partial charge on any atom is -0.492 e. The molecular weight excluding hydrogens is 326 g/mol. The van der Waals surface area contributed by atoms with E-state index in [1.54, 1.807) is 6.20 Å². The minimum absolute atomic E-state index is 0.446. The molecule has 134 valence electrons. The summed E-state index contributed by atoms with van der Waals surface area (Å²) in [5, 5.41) is 11.4. The van der Waals surface area contributed by atoms with Crippen molar-refractivity contribution >= 4 is 17.5 Å². The van der Waals surface area contributed by atoms with Crippen LogP contribution in [0, 0.1) is 0 Å². The van der Waals surface area contributed by atoms with E-state index in [-0.39, 0.29) is 0 Å². The van der Waals surface area contributed by atoms with Gasteiger partial charge in [0, 0.05) is 13.1 Å². The van der Waals surface area contributed by atoms with Crippen molar-refractivity contribution in [2.45, 2.75) is 20.4 Å². The maximum Gasteiger partial charge on any atom is 0.249 e. The number of aromatic nitrogens is 3. The zero-order chi connectivity index (χ0) is 18.2. The maximum atomic E-state index is 5.64. The van der Waals surface area contributed by atoms with Crippen LogP contribution in [0.4, 0.5) is 17.5 Å². The summed E-state index contributed by atoms with van der Waals surface area (Å²) in [7, 11) is 0. The second kappa shape index (κ2) is 8.80. The number of nitrogens with one attached hydrogen (secondary N) is 1. The first-order valence-electron chi connectivity index (χ1n) is 8.77. The van der Waals surface area contributed by atoms with Gasteiger partial charge in [-0.25, -0.2) is 0 Å². The lowest BCUT2D eigenvalue weighted by atomic mass is 10.2. The van der Waals surface area contributed by atoms with Gasteiger partial charge in [0.2, 0.25) is 5.95 Å². The molecular formula is C20H23N5O. The molecule has 0 unspecified atom stereocenters. The van der Waals surface area contributed by atoms with Crippen molar-refractivity contribution in [1.82, 2.24) is 15.2 Å². The van der Waals surface area contributed by atoms with Crippen molar-refractivity contribution < 1.29 is 4.74 Å². The Morgan fingerprint density at radius 2 is 1.77 bits per heavy atom. The zero-order valence-corrected chi connectivity index (χ0v) is 15.1. The molecule has 0 radical (unpaired) electrons. The van der Waals surface area contributed by atoms with Gasteiger partial charge in [-0.2, -0.15) is 10.1 Å². The Hall–Kier alpha value is -3.15. The Balaban J connectivity index is 1.79. The topological polar surface area (TPSA) is 63.2 Å². The summed E-state index contributed by atoms with van der Waals surface area (Å²) >= 11 is 0. The van der Waals surface area contributed by atoms with Gasteiger partial charge in [-0.3, -0.25) is 0 Å². The average Bonchev–Trinajstić information content (AvgIpc) is 2.69. The fraction of sp³-hybridized carbons (Fsp3) is 0.250. The van der Waals surface area contributed by atoms with E-state index in [0.29, 0.717) is 12.6 Å². The molecule has 26 heavy (non-hydrogen) atoms. The smallest absolute Gasteiger partial charge is 0.249 e. The van der Waals surface area contributed by atoms with Gasteiger partial charge in [0.05, 0.1) is 18.5 Å². The van der Waals surface area contributed by atoms with Crippen molar-refractivity contribution in [1.29, 1.82) is 0 Å². The summed E-state index contributed by atoms with van der Waals surface area (Å²) in [5.41, 5.74) is 2.04. The molecule has 1 N–H and O–H groups in total. The number of anilines is 3. The second-order valence-electron chi connectivity index (χ2n) is 5.69. The fourth-order valence-corrected chi connectivity index (χ4v) is 2.63. The van der Waals surface area contributed by atoms with Gasteiger partial charge in [-0.15, -0.1) is 5.10 Å². The van der Waals surface area contributed by atoms with Crippen molar-refractivity contribution in [3.8, 4) is 5.75 Å². The molecule has 0 spiro atoms. The van der Waals surface area contributed by atoms with Gasteiger partial charge < -0.3 is 15.0 Å². The van der Waals surface area contributed by atoms with Crippen molar-refractivity contribution in [2.75, 3.05) is 23.4 Å². The molecule has 0 fully saturated rings. The highest BCUT2D eigenvalue weighted by Gasteiger charge is 2.11. The first kappa shape index (κ1) is 17.7. The third-order valence-electron chi connectivity index (χ3n) is 3.90. The molecule has 2 aromatic carbocycles. The Labute approximate surface area is 153 Å². The molecule has 0 aliphatic heterocycles. The van der Waals surface area contributed by atoms with Crippen LogP contribution in [-0.2, 0) is 6.54 Å². The zero-order valence-electron chi connectivity index (χ0n) is 15.1. The number of para-hydroxylation sites is 2. The molecule has 0 saturated heterocycles. The predicted molar refractivity (Wildman–Crippen MR) is 104 cm³/mol. The van der Waals surface area contributed by atoms with E-state index in [0.717, 1.165) is 30.3 Å². The van der Waals surface area contributed by atoms with Crippen LogP contribution in [0.1, 0.15) is 19.4 Å². The molecule has 0 atom stereocenters. The van der Waals surface area contributed by atoms with Crippen molar-refractivity contribution in [2.24, 2.45) is 0 Å². The van der Waals surface area contributed by atoms with Crippen molar-refractivity contribution in [3.63, 3.8) is 0 Å². The first-order chi connectivity index (χ1) is 12.8. The Kier molecular flexibility index (Phi) is 5.98. The normalized spacial score (nSPS) is 10.4. The predicted octanol–water partition coefficient (Wildman–Crippen LogP) is 4.04. The van der Waals surface area contributed by atoms with Gasteiger partial charge in [0.1, 0.15) is 5.75 Å². The van der Waals surface area contributed by atoms with E-state index in [1.807, 2.05) is 49.4 Å². The van der Waals surface area contributed by atoms with Crippen LogP contribution in [-0.4, -0.2) is 28.3 Å². The fourth-order valence-electron chi connectivity index (χ4n) is 2.63. The lowest BCUT2D eigenvalue weighted by Gasteiger charge is -2.22. The highest BCUT2D eigenvalue weighted by atomic mass is 16.5. The Bertz CT molecular complexity index is 825. The van der Waals surface area contributed by atoms with Gasteiger partial charge in [-0.05, 0) is 31.5 Å². The largest absolute Gasteiger partial charge is 0.492 e. The SMILES string of the molecule is CCOc1ccccc1Nc1nncc(N(CC)Cc2ccccc2)n1. The van der Waals surface area contributed by atoms with Crippen LogP contribution in [0.15, 0.2) is 60.8 Å². The molecule has 0 aliphatic rings. The molecule has 6 heteroatoms. The Morgan fingerprint density at radius 1 is 1.00 bits per heavy atom. The van der Waals surface area contributed by atoms with Crippen LogP contribution >= 0.6 is 0 Å². The summed E-state index contributed by atoms with van der Waals surface area (Å²) in [6.07, 6.45) is 1.69. The lowest BCUT2D eigenvalue weighted by molar-refractivity contribution is 0.342. The third kappa shape index (κ3) is 4.47. The van der Waals surface area contributed by atoms with E-state index in [1.165, 1.54) is 5.56 Å². The van der Waals surface area contributed by atoms with E-state index < -0.39 is 0 Å². The monoisotopic (exact) mass is 349 g/mol. The number of nitrogens with zero attached hydrogens (tertiary/aromatic N) is 4. The number of hydrogen-bond donors (Lipinski definition) is 1. The van der Waals surface area contributed by atoms with E-state index in [9.17, 15) is 0 Å². The highest BCUT2D eigenvalue weighted by Crippen LogP contribution is 2.26. The molecule has 6 nitrogen and oxygen atoms in total. The number of rotatable bonds is 8. The van der Waals surface area contributed by atoms with E-state index >= 15 is 0 Å². The molecule has 0 bridgehead atoms. The van der Waals surface area contributed by atoms with Crippen LogP contribution in [0.25, 0.3) is 0 Å². The van der Waals surface area contributed by atoms with Crippen LogP contribution in [0.3, 0.4) is 0 Å². The third-order valence-corrected chi connectivity index (χ3v) is 3.90. The molecule has 0 aliphatic carbocycles. The maximum absolute atomic E-state index is 5.64. The second-order valence-corrected chi connectivity index (χ2v) is 5.69. The molecule has 0 amide bonds. The summed E-state index contributed by atoms with van der Waals surface area (Å²) < 4.78 is 5.64. The van der Waals surface area contributed by atoms with Gasteiger partial charge in [-0.1, -0.05) is 42.5 Å².